The van der Waals surface area contributed by atoms with Gasteiger partial charge < -0.3 is 9.80 Å². The number of hydrogen-bond acceptors (Lipinski definition) is 6. The second-order valence-electron chi connectivity index (χ2n) is 7.19. The summed E-state index contributed by atoms with van der Waals surface area (Å²) in [5.74, 6) is 3.44. The van der Waals surface area contributed by atoms with Crippen LogP contribution in [0.2, 0.25) is 0 Å². The van der Waals surface area contributed by atoms with Gasteiger partial charge in [0.15, 0.2) is 0 Å². The molecule has 126 valence electrons. The molecule has 2 aromatic heterocycles. The molecule has 0 radical (unpaired) electrons. The van der Waals surface area contributed by atoms with E-state index in [4.69, 9.17) is 4.98 Å². The van der Waals surface area contributed by atoms with Crippen LogP contribution in [0.5, 0.6) is 0 Å². The topological polar surface area (TPSA) is 58.0 Å². The molecule has 2 bridgehead atoms. The quantitative estimate of drug-likeness (QED) is 0.864. The molecule has 6 nitrogen and oxygen atoms in total. The fourth-order valence-corrected chi connectivity index (χ4v) is 3.79. The van der Waals surface area contributed by atoms with Crippen LogP contribution in [0.15, 0.2) is 18.6 Å². The van der Waals surface area contributed by atoms with Crippen molar-refractivity contribution in [1.29, 1.82) is 0 Å². The lowest BCUT2D eigenvalue weighted by Gasteiger charge is -2.57. The molecule has 24 heavy (non-hydrogen) atoms. The molecule has 5 heterocycles. The van der Waals surface area contributed by atoms with Crippen LogP contribution in [0, 0.1) is 13.8 Å². The highest BCUT2D eigenvalue weighted by Gasteiger charge is 2.46. The van der Waals surface area contributed by atoms with Crippen LogP contribution in [0.3, 0.4) is 0 Å². The molecule has 2 aromatic rings. The molecule has 0 N–H and O–H groups in total. The first-order valence-electron chi connectivity index (χ1n) is 8.69. The normalized spacial score (nSPS) is 22.7. The SMILES string of the molecule is Cc1ncnc(N2CC3CC(C2)N3c2ccnc(C(C)C)n2)c1C. The van der Waals surface area contributed by atoms with Crippen molar-refractivity contribution in [3.05, 3.63) is 35.7 Å². The number of aromatic nitrogens is 4. The first-order valence-corrected chi connectivity index (χ1v) is 8.69. The highest BCUT2D eigenvalue weighted by Crippen LogP contribution is 2.38. The first-order chi connectivity index (χ1) is 11.5. The van der Waals surface area contributed by atoms with E-state index in [9.17, 15) is 0 Å². The van der Waals surface area contributed by atoms with Gasteiger partial charge in [0.2, 0.25) is 0 Å². The Bertz CT molecular complexity index is 747. The fourth-order valence-electron chi connectivity index (χ4n) is 3.79. The Morgan fingerprint density at radius 3 is 2.54 bits per heavy atom. The van der Waals surface area contributed by atoms with E-state index >= 15 is 0 Å². The number of aryl methyl sites for hydroxylation is 1. The molecule has 2 unspecified atom stereocenters. The smallest absolute Gasteiger partial charge is 0.135 e. The van der Waals surface area contributed by atoms with E-state index in [1.807, 2.05) is 19.2 Å². The lowest BCUT2D eigenvalue weighted by molar-refractivity contribution is 0.287. The van der Waals surface area contributed by atoms with Crippen molar-refractivity contribution in [3.63, 3.8) is 0 Å². The largest absolute Gasteiger partial charge is 0.352 e. The van der Waals surface area contributed by atoms with Gasteiger partial charge in [0.25, 0.3) is 0 Å². The molecule has 5 rings (SSSR count). The molecule has 6 heteroatoms. The number of piperidine rings is 1. The summed E-state index contributed by atoms with van der Waals surface area (Å²) in [6, 6.07) is 3.06. The number of nitrogens with zero attached hydrogens (tertiary/aromatic N) is 6. The molecular formula is C18H24N6. The van der Waals surface area contributed by atoms with Gasteiger partial charge in [-0.25, -0.2) is 19.9 Å². The zero-order valence-corrected chi connectivity index (χ0v) is 14.8. The van der Waals surface area contributed by atoms with Gasteiger partial charge >= 0.3 is 0 Å². The Balaban J connectivity index is 1.55. The summed E-state index contributed by atoms with van der Waals surface area (Å²) in [6.07, 6.45) is 4.80. The van der Waals surface area contributed by atoms with Crippen molar-refractivity contribution >= 4 is 11.6 Å². The maximum Gasteiger partial charge on any atom is 0.135 e. The third kappa shape index (κ3) is 2.41. The Hall–Kier alpha value is -2.24. The summed E-state index contributed by atoms with van der Waals surface area (Å²) < 4.78 is 0. The standard InChI is InChI=1S/C18H24N6/c1-11(2)17-19-6-5-16(22-17)24-14-7-15(24)9-23(8-14)18-12(3)13(4)20-10-21-18/h5-6,10-11,14-15H,7-9H2,1-4H3. The van der Waals surface area contributed by atoms with E-state index in [0.717, 1.165) is 36.2 Å². The summed E-state index contributed by atoms with van der Waals surface area (Å²) in [4.78, 5) is 22.9. The van der Waals surface area contributed by atoms with Gasteiger partial charge in [-0.2, -0.15) is 0 Å². The number of anilines is 2. The van der Waals surface area contributed by atoms with Crippen molar-refractivity contribution in [2.75, 3.05) is 22.9 Å². The fraction of sp³-hybridized carbons (Fsp3) is 0.556. The average molecular weight is 324 g/mol. The van der Waals surface area contributed by atoms with Crippen molar-refractivity contribution < 1.29 is 0 Å². The monoisotopic (exact) mass is 324 g/mol. The molecule has 2 atom stereocenters. The Labute approximate surface area is 143 Å². The van der Waals surface area contributed by atoms with Gasteiger partial charge in [-0.05, 0) is 26.3 Å². The van der Waals surface area contributed by atoms with Gasteiger partial charge in [0.05, 0.1) is 12.1 Å². The second-order valence-corrected chi connectivity index (χ2v) is 7.19. The molecule has 0 spiro atoms. The van der Waals surface area contributed by atoms with Gasteiger partial charge in [0.1, 0.15) is 23.8 Å². The zero-order valence-electron chi connectivity index (χ0n) is 14.8. The van der Waals surface area contributed by atoms with Crippen LogP contribution in [-0.4, -0.2) is 45.1 Å². The zero-order chi connectivity index (χ0) is 16.8. The van der Waals surface area contributed by atoms with Gasteiger partial charge in [-0.15, -0.1) is 0 Å². The van der Waals surface area contributed by atoms with Crippen molar-refractivity contribution in [2.24, 2.45) is 0 Å². The molecule has 0 aromatic carbocycles. The van der Waals surface area contributed by atoms with Gasteiger partial charge in [-0.3, -0.25) is 0 Å². The van der Waals surface area contributed by atoms with Crippen molar-refractivity contribution in [3.8, 4) is 0 Å². The minimum absolute atomic E-state index is 0.356. The number of rotatable bonds is 3. The summed E-state index contributed by atoms with van der Waals surface area (Å²) in [5, 5.41) is 0. The third-order valence-electron chi connectivity index (χ3n) is 5.24. The highest BCUT2D eigenvalue weighted by atomic mass is 15.4. The van der Waals surface area contributed by atoms with Crippen LogP contribution in [0.4, 0.5) is 11.6 Å². The van der Waals surface area contributed by atoms with Gasteiger partial charge in [-0.1, -0.05) is 13.8 Å². The molecule has 0 amide bonds. The van der Waals surface area contributed by atoms with E-state index in [-0.39, 0.29) is 0 Å². The van der Waals surface area contributed by atoms with Crippen molar-refractivity contribution in [1.82, 2.24) is 19.9 Å². The number of hydrogen-bond donors (Lipinski definition) is 0. The molecular weight excluding hydrogens is 300 g/mol. The summed E-state index contributed by atoms with van der Waals surface area (Å²) in [5.41, 5.74) is 2.25. The minimum atomic E-state index is 0.356. The molecule has 0 saturated carbocycles. The predicted octanol–water partition coefficient (Wildman–Crippen LogP) is 2.47. The predicted molar refractivity (Wildman–Crippen MR) is 94.5 cm³/mol. The third-order valence-corrected chi connectivity index (χ3v) is 5.24. The Kier molecular flexibility index (Phi) is 3.62. The van der Waals surface area contributed by atoms with Crippen LogP contribution >= 0.6 is 0 Å². The van der Waals surface area contributed by atoms with Crippen LogP contribution in [0.1, 0.15) is 43.3 Å². The van der Waals surface area contributed by atoms with Crippen LogP contribution < -0.4 is 9.80 Å². The number of fused-ring (bicyclic) bond motifs is 2. The molecule has 0 aliphatic carbocycles. The van der Waals surface area contributed by atoms with Gasteiger partial charge in [0, 0.05) is 36.5 Å². The lowest BCUT2D eigenvalue weighted by atomic mass is 9.87. The first kappa shape index (κ1) is 15.3. The van der Waals surface area contributed by atoms with Crippen LogP contribution in [-0.2, 0) is 0 Å². The summed E-state index contributed by atoms with van der Waals surface area (Å²) in [6.45, 7) is 10.4. The summed E-state index contributed by atoms with van der Waals surface area (Å²) >= 11 is 0. The molecule has 3 aliphatic heterocycles. The minimum Gasteiger partial charge on any atom is -0.352 e. The Morgan fingerprint density at radius 2 is 1.83 bits per heavy atom. The molecule has 3 aliphatic rings. The number of piperazine rings is 1. The molecule has 3 saturated heterocycles. The van der Waals surface area contributed by atoms with Crippen LogP contribution in [0.25, 0.3) is 0 Å². The van der Waals surface area contributed by atoms with Crippen molar-refractivity contribution in [2.45, 2.75) is 52.1 Å². The van der Waals surface area contributed by atoms with E-state index < -0.39 is 0 Å². The maximum atomic E-state index is 4.78. The maximum absolute atomic E-state index is 4.78. The summed E-state index contributed by atoms with van der Waals surface area (Å²) in [7, 11) is 0. The Morgan fingerprint density at radius 1 is 1.08 bits per heavy atom. The second kappa shape index (κ2) is 5.69. The van der Waals surface area contributed by atoms with E-state index in [1.165, 1.54) is 12.0 Å². The lowest BCUT2D eigenvalue weighted by Crippen LogP contribution is -2.69. The average Bonchev–Trinajstić information content (AvgIpc) is 2.57. The van der Waals surface area contributed by atoms with E-state index in [1.54, 1.807) is 6.33 Å². The molecule has 3 fully saturated rings. The highest BCUT2D eigenvalue weighted by molar-refractivity contribution is 5.54. The van der Waals surface area contributed by atoms with E-state index in [2.05, 4.69) is 45.5 Å². The van der Waals surface area contributed by atoms with E-state index in [0.29, 0.717) is 18.0 Å².